The first kappa shape index (κ1) is 24.2. The van der Waals surface area contributed by atoms with Crippen LogP contribution in [0.5, 0.6) is 0 Å². The van der Waals surface area contributed by atoms with Crippen molar-refractivity contribution in [3.8, 4) is 9.14 Å². The van der Waals surface area contributed by atoms with Crippen molar-refractivity contribution < 1.29 is 0 Å². The molecule has 2 aromatic heterocycles. The first-order chi connectivity index (χ1) is 17.8. The van der Waals surface area contributed by atoms with Gasteiger partial charge in [0.2, 0.25) is 0 Å². The Morgan fingerprint density at radius 1 is 0.583 bits per heavy atom. The summed E-state index contributed by atoms with van der Waals surface area (Å²) in [5.74, 6) is 0. The molecule has 0 nitrogen and oxygen atoms in total. The summed E-state index contributed by atoms with van der Waals surface area (Å²) >= 11 is 1.49. The fourth-order valence-electron chi connectivity index (χ4n) is 5.44. The molecule has 2 heteroatoms. The Bertz CT molecular complexity index is 1530. The van der Waals surface area contributed by atoms with Crippen LogP contribution in [0, 0.1) is 0 Å². The Kier molecular flexibility index (Phi) is 7.47. The average molecular weight is 602 g/mol. The van der Waals surface area contributed by atoms with Crippen molar-refractivity contribution in [2.45, 2.75) is 64.7 Å². The van der Waals surface area contributed by atoms with Crippen molar-refractivity contribution in [1.29, 1.82) is 0 Å². The fraction of sp³-hybridized carbons (Fsp3) is 0.294. The molecule has 182 valence electrons. The third-order valence-electron chi connectivity index (χ3n) is 7.56. The molecule has 0 N–H and O–H groups in total. The van der Waals surface area contributed by atoms with E-state index in [2.05, 4.69) is 85.1 Å². The summed E-state index contributed by atoms with van der Waals surface area (Å²) in [6, 6.07) is 28.6. The van der Waals surface area contributed by atoms with Gasteiger partial charge in [0.15, 0.2) is 0 Å². The van der Waals surface area contributed by atoms with Crippen LogP contribution in [0.2, 0.25) is 0 Å². The molecule has 0 saturated carbocycles. The standard InChI is InChI=1S/C34H34STe/c1-2-3-4-5-6-7-8-9-10-24-11-13-25(14-12-24)33-23-31-20-28-18-29-21-32-26(15-16-35-32)17-27(29)19-30(28)22-34(31)36-33/h11-23H,2-10H2,1H3. The van der Waals surface area contributed by atoms with Gasteiger partial charge in [0.05, 0.1) is 0 Å². The Hall–Kier alpha value is -2.11. The number of benzene rings is 4. The topological polar surface area (TPSA) is 0 Å². The van der Waals surface area contributed by atoms with Gasteiger partial charge in [-0.05, 0) is 0 Å². The van der Waals surface area contributed by atoms with Crippen LogP contribution in [-0.2, 0) is 6.42 Å². The summed E-state index contributed by atoms with van der Waals surface area (Å²) in [6.45, 7) is 2.29. The van der Waals surface area contributed by atoms with Crippen molar-refractivity contribution in [3.05, 3.63) is 83.7 Å². The van der Waals surface area contributed by atoms with Gasteiger partial charge in [-0.2, -0.15) is 0 Å². The predicted octanol–water partition coefficient (Wildman–Crippen LogP) is 10.8. The van der Waals surface area contributed by atoms with Gasteiger partial charge in [0, 0.05) is 0 Å². The van der Waals surface area contributed by atoms with Gasteiger partial charge in [-0.1, -0.05) is 19.8 Å². The van der Waals surface area contributed by atoms with Crippen molar-refractivity contribution in [3.63, 3.8) is 0 Å². The third kappa shape index (κ3) is 5.28. The molecule has 0 bridgehead atoms. The van der Waals surface area contributed by atoms with E-state index in [1.807, 2.05) is 11.3 Å². The van der Waals surface area contributed by atoms with E-state index < -0.39 is 0 Å². The van der Waals surface area contributed by atoms with E-state index in [0.29, 0.717) is 0 Å². The molecule has 0 fully saturated rings. The minimum atomic E-state index is -0.345. The summed E-state index contributed by atoms with van der Waals surface area (Å²) in [5, 5.41) is 10.4. The summed E-state index contributed by atoms with van der Waals surface area (Å²) < 4.78 is 4.54. The third-order valence-corrected chi connectivity index (χ3v) is 11.7. The van der Waals surface area contributed by atoms with Gasteiger partial charge in [0.25, 0.3) is 0 Å². The van der Waals surface area contributed by atoms with Crippen LogP contribution in [0.25, 0.3) is 49.6 Å². The molecule has 0 amide bonds. The Morgan fingerprint density at radius 3 is 2.00 bits per heavy atom. The number of aryl methyl sites for hydroxylation is 1. The maximum absolute atomic E-state index is 2.48. The molecule has 36 heavy (non-hydrogen) atoms. The van der Waals surface area contributed by atoms with Crippen LogP contribution >= 0.6 is 11.3 Å². The molecule has 6 rings (SSSR count). The number of thiophene rings is 1. The van der Waals surface area contributed by atoms with Crippen LogP contribution in [0.1, 0.15) is 63.9 Å². The molecular weight excluding hydrogens is 568 g/mol. The predicted molar refractivity (Wildman–Crippen MR) is 163 cm³/mol. The van der Waals surface area contributed by atoms with Crippen molar-refractivity contribution in [2.24, 2.45) is 0 Å². The van der Waals surface area contributed by atoms with Crippen LogP contribution in [-0.4, -0.2) is 20.4 Å². The second-order valence-corrected chi connectivity index (χ2v) is 14.3. The number of hydrogen-bond donors (Lipinski definition) is 0. The average Bonchev–Trinajstić information content (AvgIpc) is 3.52. The first-order valence-electron chi connectivity index (χ1n) is 13.6. The molecule has 4 aromatic carbocycles. The van der Waals surface area contributed by atoms with Crippen molar-refractivity contribution in [2.75, 3.05) is 0 Å². The number of unbranched alkanes of at least 4 members (excludes halogenated alkanes) is 7. The van der Waals surface area contributed by atoms with Gasteiger partial charge < -0.3 is 0 Å². The van der Waals surface area contributed by atoms with E-state index in [0.717, 1.165) is 0 Å². The Balaban J connectivity index is 1.16. The summed E-state index contributed by atoms with van der Waals surface area (Å²) in [5.41, 5.74) is 2.93. The van der Waals surface area contributed by atoms with E-state index in [-0.39, 0.29) is 20.4 Å². The van der Waals surface area contributed by atoms with Crippen molar-refractivity contribution >= 4 is 72.2 Å². The fourth-order valence-corrected chi connectivity index (χ4v) is 9.39. The van der Waals surface area contributed by atoms with E-state index in [9.17, 15) is 0 Å². The van der Waals surface area contributed by atoms with Crippen LogP contribution in [0.15, 0.2) is 78.2 Å². The number of rotatable bonds is 10. The molecule has 0 spiro atoms. The molecular formula is C34H34STe. The summed E-state index contributed by atoms with van der Waals surface area (Å²) in [7, 11) is 0. The maximum atomic E-state index is 2.48. The van der Waals surface area contributed by atoms with Crippen LogP contribution in [0.4, 0.5) is 0 Å². The number of hydrogen-bond acceptors (Lipinski definition) is 1. The summed E-state index contributed by atoms with van der Waals surface area (Å²) in [4.78, 5) is 0. The Morgan fingerprint density at radius 2 is 1.22 bits per heavy atom. The second kappa shape index (κ2) is 11.1. The van der Waals surface area contributed by atoms with Crippen LogP contribution < -0.4 is 0 Å². The zero-order valence-electron chi connectivity index (χ0n) is 21.2. The molecule has 0 saturated heterocycles. The van der Waals surface area contributed by atoms with E-state index >= 15 is 0 Å². The zero-order chi connectivity index (χ0) is 24.3. The van der Waals surface area contributed by atoms with Gasteiger partial charge >= 0.3 is 210 Å². The normalized spacial score (nSPS) is 11.9. The zero-order valence-corrected chi connectivity index (χ0v) is 24.3. The van der Waals surface area contributed by atoms with Crippen LogP contribution in [0.3, 0.4) is 0 Å². The molecule has 0 aliphatic carbocycles. The monoisotopic (exact) mass is 604 g/mol. The van der Waals surface area contributed by atoms with Gasteiger partial charge in [-0.25, -0.2) is 0 Å². The molecule has 2 heterocycles. The molecule has 6 aromatic rings. The second-order valence-electron chi connectivity index (χ2n) is 10.3. The SMILES string of the molecule is CCCCCCCCCCc1ccc(-c2cc3cc4cc5cc6sccc6cc5cc4cc3[te]2)cc1. The molecule has 0 atom stereocenters. The van der Waals surface area contributed by atoms with E-state index in [1.165, 1.54) is 106 Å². The van der Waals surface area contributed by atoms with E-state index in [4.69, 9.17) is 0 Å². The minimum absolute atomic E-state index is 0.345. The first-order valence-corrected chi connectivity index (χ1v) is 16.9. The molecule has 0 unspecified atom stereocenters. The van der Waals surface area contributed by atoms with Crippen molar-refractivity contribution in [1.82, 2.24) is 0 Å². The van der Waals surface area contributed by atoms with Gasteiger partial charge in [-0.15, -0.1) is 0 Å². The molecule has 0 aliphatic rings. The Labute approximate surface area is 228 Å². The number of fused-ring (bicyclic) bond motifs is 4. The quantitative estimate of drug-likeness (QED) is 0.0832. The summed E-state index contributed by atoms with van der Waals surface area (Å²) in [6.07, 6.45) is 12.3. The molecule has 0 radical (unpaired) electrons. The molecule has 0 aliphatic heterocycles. The van der Waals surface area contributed by atoms with Gasteiger partial charge in [0.1, 0.15) is 0 Å². The van der Waals surface area contributed by atoms with Gasteiger partial charge in [-0.3, -0.25) is 0 Å². The van der Waals surface area contributed by atoms with E-state index in [1.54, 1.807) is 6.98 Å².